The van der Waals surface area contributed by atoms with Gasteiger partial charge in [0.15, 0.2) is 0 Å². The molecule has 2 nitrogen and oxygen atoms in total. The molecule has 3 aromatic rings. The lowest BCUT2D eigenvalue weighted by Crippen LogP contribution is -2.14. The fourth-order valence-corrected chi connectivity index (χ4v) is 5.29. The van der Waals surface area contributed by atoms with Crippen molar-refractivity contribution in [2.75, 3.05) is 7.11 Å². The SMILES string of the molecule is COc1c(C)cc(Br)c(C)c1C(N)c1cc2sccc2s1. The van der Waals surface area contributed by atoms with Crippen molar-refractivity contribution >= 4 is 48.0 Å². The predicted molar refractivity (Wildman–Crippen MR) is 95.9 cm³/mol. The topological polar surface area (TPSA) is 35.2 Å². The van der Waals surface area contributed by atoms with Crippen LogP contribution in [0.4, 0.5) is 0 Å². The molecule has 110 valence electrons. The van der Waals surface area contributed by atoms with E-state index in [4.69, 9.17) is 10.5 Å². The van der Waals surface area contributed by atoms with E-state index in [-0.39, 0.29) is 6.04 Å². The number of thiophene rings is 2. The first kappa shape index (κ1) is 15.0. The number of rotatable bonds is 3. The van der Waals surface area contributed by atoms with Gasteiger partial charge in [0.1, 0.15) is 5.75 Å². The van der Waals surface area contributed by atoms with Crippen LogP contribution in [0.5, 0.6) is 5.75 Å². The smallest absolute Gasteiger partial charge is 0.127 e. The summed E-state index contributed by atoms with van der Waals surface area (Å²) in [6, 6.07) is 6.26. The van der Waals surface area contributed by atoms with Gasteiger partial charge in [0.2, 0.25) is 0 Å². The van der Waals surface area contributed by atoms with Crippen molar-refractivity contribution in [2.24, 2.45) is 5.73 Å². The Labute approximate surface area is 140 Å². The van der Waals surface area contributed by atoms with Gasteiger partial charge in [0, 0.05) is 24.3 Å². The maximum atomic E-state index is 6.57. The lowest BCUT2D eigenvalue weighted by Gasteiger charge is -2.20. The number of nitrogens with two attached hydrogens (primary N) is 1. The molecule has 1 unspecified atom stereocenters. The van der Waals surface area contributed by atoms with E-state index in [0.717, 1.165) is 26.9 Å². The number of aryl methyl sites for hydroxylation is 1. The number of hydrogen-bond donors (Lipinski definition) is 1. The molecule has 0 saturated carbocycles. The van der Waals surface area contributed by atoms with E-state index in [1.165, 1.54) is 14.3 Å². The quantitative estimate of drug-likeness (QED) is 0.658. The van der Waals surface area contributed by atoms with Crippen molar-refractivity contribution in [3.8, 4) is 5.75 Å². The Morgan fingerprint density at radius 2 is 2.00 bits per heavy atom. The van der Waals surface area contributed by atoms with Crippen LogP contribution in [-0.2, 0) is 0 Å². The van der Waals surface area contributed by atoms with E-state index >= 15 is 0 Å². The summed E-state index contributed by atoms with van der Waals surface area (Å²) < 4.78 is 9.29. The van der Waals surface area contributed by atoms with Gasteiger partial charge in [-0.3, -0.25) is 0 Å². The van der Waals surface area contributed by atoms with Gasteiger partial charge in [0.05, 0.1) is 13.2 Å². The van der Waals surface area contributed by atoms with E-state index in [1.54, 1.807) is 29.8 Å². The predicted octanol–water partition coefficient (Wildman–Crippen LogP) is 5.40. The van der Waals surface area contributed by atoms with Crippen LogP contribution < -0.4 is 10.5 Å². The Morgan fingerprint density at radius 1 is 1.24 bits per heavy atom. The van der Waals surface area contributed by atoms with Gasteiger partial charge < -0.3 is 10.5 Å². The molecule has 2 heterocycles. The highest BCUT2D eigenvalue weighted by atomic mass is 79.9. The summed E-state index contributed by atoms with van der Waals surface area (Å²) in [6.07, 6.45) is 0. The molecule has 0 fully saturated rings. The molecule has 2 N–H and O–H groups in total. The van der Waals surface area contributed by atoms with Gasteiger partial charge in [-0.15, -0.1) is 22.7 Å². The van der Waals surface area contributed by atoms with Crippen molar-refractivity contribution in [1.29, 1.82) is 0 Å². The second kappa shape index (κ2) is 5.72. The monoisotopic (exact) mass is 381 g/mol. The molecule has 5 heteroatoms. The second-order valence-corrected chi connectivity index (χ2v) is 7.94. The van der Waals surface area contributed by atoms with Crippen molar-refractivity contribution in [3.05, 3.63) is 49.6 Å². The Balaban J connectivity index is 2.16. The summed E-state index contributed by atoms with van der Waals surface area (Å²) in [5.41, 5.74) is 9.87. The number of halogens is 1. The van der Waals surface area contributed by atoms with Crippen molar-refractivity contribution in [3.63, 3.8) is 0 Å². The molecule has 0 aliphatic rings. The molecular weight excluding hydrogens is 366 g/mol. The van der Waals surface area contributed by atoms with Crippen LogP contribution >= 0.6 is 38.6 Å². The Morgan fingerprint density at radius 3 is 2.67 bits per heavy atom. The normalized spacial score (nSPS) is 12.8. The second-order valence-electron chi connectivity index (χ2n) is 5.02. The first-order valence-electron chi connectivity index (χ1n) is 6.59. The first-order chi connectivity index (χ1) is 10.0. The number of ether oxygens (including phenoxy) is 1. The summed E-state index contributed by atoms with van der Waals surface area (Å²) >= 11 is 7.14. The van der Waals surface area contributed by atoms with Crippen LogP contribution in [0.2, 0.25) is 0 Å². The average molecular weight is 382 g/mol. The van der Waals surface area contributed by atoms with Crippen LogP contribution in [0.25, 0.3) is 9.40 Å². The highest BCUT2D eigenvalue weighted by Gasteiger charge is 2.22. The minimum atomic E-state index is -0.166. The summed E-state index contributed by atoms with van der Waals surface area (Å²) in [6.45, 7) is 4.13. The summed E-state index contributed by atoms with van der Waals surface area (Å²) in [7, 11) is 1.71. The fourth-order valence-electron chi connectivity index (χ4n) is 2.60. The van der Waals surface area contributed by atoms with Crippen molar-refractivity contribution in [1.82, 2.24) is 0 Å². The third-order valence-electron chi connectivity index (χ3n) is 3.69. The molecule has 0 aliphatic carbocycles. The molecule has 0 amide bonds. The van der Waals surface area contributed by atoms with Gasteiger partial charge in [0.25, 0.3) is 0 Å². The minimum Gasteiger partial charge on any atom is -0.496 e. The van der Waals surface area contributed by atoms with E-state index in [2.05, 4.69) is 46.4 Å². The number of methoxy groups -OCH3 is 1. The van der Waals surface area contributed by atoms with Gasteiger partial charge in [-0.05, 0) is 48.6 Å². The lowest BCUT2D eigenvalue weighted by atomic mass is 9.96. The Bertz CT molecular complexity index is 778. The molecule has 1 atom stereocenters. The van der Waals surface area contributed by atoms with Crippen LogP contribution in [-0.4, -0.2) is 7.11 Å². The zero-order valence-corrected chi connectivity index (χ0v) is 15.3. The summed E-state index contributed by atoms with van der Waals surface area (Å²) in [4.78, 5) is 1.18. The molecular formula is C16H16BrNOS2. The van der Waals surface area contributed by atoms with Gasteiger partial charge in [-0.1, -0.05) is 15.9 Å². The maximum absolute atomic E-state index is 6.57. The molecule has 2 aromatic heterocycles. The van der Waals surface area contributed by atoms with E-state index in [0.29, 0.717) is 0 Å². The zero-order valence-electron chi connectivity index (χ0n) is 12.1. The largest absolute Gasteiger partial charge is 0.496 e. The molecule has 0 radical (unpaired) electrons. The highest BCUT2D eigenvalue weighted by molar-refractivity contribution is 9.10. The molecule has 0 spiro atoms. The molecule has 0 aliphatic heterocycles. The van der Waals surface area contributed by atoms with Crippen LogP contribution in [0.3, 0.4) is 0 Å². The number of fused-ring (bicyclic) bond motifs is 1. The van der Waals surface area contributed by atoms with Crippen molar-refractivity contribution in [2.45, 2.75) is 19.9 Å². The Kier molecular flexibility index (Phi) is 4.10. The standard InChI is InChI=1S/C16H16BrNOS2/c1-8-6-10(17)9(2)14(16(8)19-3)15(18)13-7-12-11(21-13)4-5-20-12/h4-7,15H,18H2,1-3H3. The average Bonchev–Trinajstić information content (AvgIpc) is 3.02. The van der Waals surface area contributed by atoms with Crippen LogP contribution in [0.1, 0.15) is 27.6 Å². The fraction of sp³-hybridized carbons (Fsp3) is 0.250. The lowest BCUT2D eigenvalue weighted by molar-refractivity contribution is 0.404. The molecule has 0 bridgehead atoms. The first-order valence-corrected chi connectivity index (χ1v) is 9.08. The third kappa shape index (κ3) is 2.52. The van der Waals surface area contributed by atoms with Gasteiger partial charge >= 0.3 is 0 Å². The summed E-state index contributed by atoms with van der Waals surface area (Å²) in [5, 5.41) is 2.12. The molecule has 0 saturated heterocycles. The molecule has 21 heavy (non-hydrogen) atoms. The summed E-state index contributed by atoms with van der Waals surface area (Å²) in [5.74, 6) is 0.889. The van der Waals surface area contributed by atoms with Crippen LogP contribution in [0, 0.1) is 13.8 Å². The van der Waals surface area contributed by atoms with Gasteiger partial charge in [-0.25, -0.2) is 0 Å². The highest BCUT2D eigenvalue weighted by Crippen LogP contribution is 2.41. The minimum absolute atomic E-state index is 0.166. The number of benzene rings is 1. The maximum Gasteiger partial charge on any atom is 0.127 e. The van der Waals surface area contributed by atoms with Crippen LogP contribution in [0.15, 0.2) is 28.1 Å². The molecule has 1 aromatic carbocycles. The van der Waals surface area contributed by atoms with E-state index in [9.17, 15) is 0 Å². The Hall–Kier alpha value is -0.880. The third-order valence-corrected chi connectivity index (χ3v) is 6.69. The van der Waals surface area contributed by atoms with E-state index in [1.807, 2.05) is 6.92 Å². The zero-order chi connectivity index (χ0) is 15.1. The van der Waals surface area contributed by atoms with E-state index < -0.39 is 0 Å². The number of hydrogen-bond acceptors (Lipinski definition) is 4. The molecule has 3 rings (SSSR count). The van der Waals surface area contributed by atoms with Crippen molar-refractivity contribution < 1.29 is 4.74 Å². The van der Waals surface area contributed by atoms with Gasteiger partial charge in [-0.2, -0.15) is 0 Å².